The van der Waals surface area contributed by atoms with Gasteiger partial charge in [-0.25, -0.2) is 4.79 Å². The second-order valence-electron chi connectivity index (χ2n) is 5.45. The largest absolute Gasteiger partial charge is 0.481 e. The van der Waals surface area contributed by atoms with Gasteiger partial charge in [-0.1, -0.05) is 13.3 Å². The van der Waals surface area contributed by atoms with Crippen LogP contribution in [0.5, 0.6) is 0 Å². The first-order chi connectivity index (χ1) is 9.86. The van der Waals surface area contributed by atoms with Crippen LogP contribution in [0.2, 0.25) is 0 Å². The number of carboxylic acids is 1. The van der Waals surface area contributed by atoms with Gasteiger partial charge in [0, 0.05) is 20.1 Å². The van der Waals surface area contributed by atoms with Crippen molar-refractivity contribution in [1.82, 2.24) is 9.80 Å². The Kier molecular flexibility index (Phi) is 5.99. The molecule has 1 unspecified atom stereocenters. The van der Waals surface area contributed by atoms with Gasteiger partial charge < -0.3 is 19.6 Å². The monoisotopic (exact) mass is 300 g/mol. The van der Waals surface area contributed by atoms with E-state index >= 15 is 0 Å². The lowest BCUT2D eigenvalue weighted by Crippen LogP contribution is -2.44. The number of ether oxygens (including phenoxy) is 1. The van der Waals surface area contributed by atoms with E-state index in [4.69, 9.17) is 4.74 Å². The number of carbonyl (C=O) groups excluding carboxylic acids is 2. The molecule has 1 heterocycles. The number of hydrogen-bond donors (Lipinski definition) is 1. The predicted molar refractivity (Wildman–Crippen MR) is 75.8 cm³/mol. The number of esters is 1. The van der Waals surface area contributed by atoms with Crippen LogP contribution >= 0.6 is 0 Å². The van der Waals surface area contributed by atoms with Crippen LogP contribution in [-0.2, 0) is 14.3 Å². The molecule has 0 bridgehead atoms. The van der Waals surface area contributed by atoms with E-state index in [0.717, 1.165) is 6.42 Å². The van der Waals surface area contributed by atoms with Crippen molar-refractivity contribution in [1.29, 1.82) is 0 Å². The summed E-state index contributed by atoms with van der Waals surface area (Å²) in [7, 11) is 1.51. The molecule has 1 aliphatic heterocycles. The number of likely N-dealkylation sites (N-methyl/N-ethyl adjacent to an activating group) is 1. The van der Waals surface area contributed by atoms with E-state index in [1.807, 2.05) is 6.92 Å². The zero-order valence-corrected chi connectivity index (χ0v) is 12.9. The van der Waals surface area contributed by atoms with E-state index in [0.29, 0.717) is 19.4 Å². The Balaban J connectivity index is 2.64. The maximum Gasteiger partial charge on any atom is 0.325 e. The Labute approximate surface area is 124 Å². The van der Waals surface area contributed by atoms with E-state index in [1.165, 1.54) is 16.8 Å². The summed E-state index contributed by atoms with van der Waals surface area (Å²) in [5.74, 6) is -1.32. The van der Waals surface area contributed by atoms with Gasteiger partial charge in [0.25, 0.3) is 0 Å². The second-order valence-corrected chi connectivity index (χ2v) is 5.45. The molecule has 0 radical (unpaired) electrons. The van der Waals surface area contributed by atoms with Crippen LogP contribution in [-0.4, -0.2) is 66.2 Å². The molecule has 120 valence electrons. The van der Waals surface area contributed by atoms with Gasteiger partial charge in [0.2, 0.25) is 0 Å². The molecular weight excluding hydrogens is 276 g/mol. The van der Waals surface area contributed by atoms with Gasteiger partial charge >= 0.3 is 18.0 Å². The summed E-state index contributed by atoms with van der Waals surface area (Å²) in [5, 5.41) is 9.42. The van der Waals surface area contributed by atoms with E-state index in [1.54, 1.807) is 6.92 Å². The van der Waals surface area contributed by atoms with Crippen LogP contribution in [0.1, 0.15) is 33.1 Å². The van der Waals surface area contributed by atoms with Crippen molar-refractivity contribution in [2.75, 3.05) is 33.3 Å². The first-order valence-electron chi connectivity index (χ1n) is 7.25. The number of carbonyl (C=O) groups is 3. The smallest absolute Gasteiger partial charge is 0.325 e. The molecular formula is C14H24N2O5. The molecule has 1 fully saturated rings. The first-order valence-corrected chi connectivity index (χ1v) is 7.25. The van der Waals surface area contributed by atoms with Gasteiger partial charge in [0.15, 0.2) is 0 Å². The Bertz CT molecular complexity index is 412. The number of urea groups is 1. The van der Waals surface area contributed by atoms with Gasteiger partial charge in [0.05, 0.1) is 12.0 Å². The number of likely N-dealkylation sites (tertiary alicyclic amines) is 1. The molecule has 1 saturated heterocycles. The molecule has 1 aliphatic rings. The van der Waals surface area contributed by atoms with Crippen molar-refractivity contribution in [3.05, 3.63) is 0 Å². The zero-order chi connectivity index (χ0) is 16.0. The van der Waals surface area contributed by atoms with Gasteiger partial charge in [-0.05, 0) is 19.8 Å². The fraction of sp³-hybridized carbons (Fsp3) is 0.786. The third-order valence-electron chi connectivity index (χ3n) is 3.80. The first kappa shape index (κ1) is 17.3. The van der Waals surface area contributed by atoms with Crippen molar-refractivity contribution in [3.63, 3.8) is 0 Å². The molecule has 0 aromatic heterocycles. The lowest BCUT2D eigenvalue weighted by molar-refractivity contribution is -0.148. The molecule has 0 aromatic rings. The number of aliphatic carboxylic acids is 1. The highest BCUT2D eigenvalue weighted by Crippen LogP contribution is 2.35. The van der Waals surface area contributed by atoms with Crippen molar-refractivity contribution < 1.29 is 24.2 Å². The Morgan fingerprint density at radius 1 is 1.33 bits per heavy atom. The number of nitrogens with zero attached hydrogens (tertiary/aromatic N) is 2. The van der Waals surface area contributed by atoms with Crippen LogP contribution in [0.15, 0.2) is 0 Å². The highest BCUT2D eigenvalue weighted by Gasteiger charge is 2.45. The van der Waals surface area contributed by atoms with Crippen LogP contribution < -0.4 is 0 Å². The van der Waals surface area contributed by atoms with Crippen LogP contribution in [0.3, 0.4) is 0 Å². The average Bonchev–Trinajstić information content (AvgIpc) is 2.84. The molecule has 0 spiro atoms. The van der Waals surface area contributed by atoms with Crippen LogP contribution in [0.25, 0.3) is 0 Å². The van der Waals surface area contributed by atoms with E-state index in [9.17, 15) is 19.5 Å². The number of carboxylic acid groups (broad SMARTS) is 1. The van der Waals surface area contributed by atoms with E-state index in [-0.39, 0.29) is 25.7 Å². The summed E-state index contributed by atoms with van der Waals surface area (Å²) in [6.45, 7) is 4.37. The fourth-order valence-electron chi connectivity index (χ4n) is 2.71. The molecule has 7 nitrogen and oxygen atoms in total. The number of hydrogen-bond acceptors (Lipinski definition) is 4. The summed E-state index contributed by atoms with van der Waals surface area (Å²) in [4.78, 5) is 37.9. The average molecular weight is 300 g/mol. The molecule has 2 amide bonds. The van der Waals surface area contributed by atoms with Crippen molar-refractivity contribution >= 4 is 18.0 Å². The lowest BCUT2D eigenvalue weighted by Gasteiger charge is -2.27. The maximum atomic E-state index is 12.3. The minimum absolute atomic E-state index is 0.128. The normalized spacial score (nSPS) is 21.2. The molecule has 0 aliphatic carbocycles. The lowest BCUT2D eigenvalue weighted by atomic mass is 9.83. The van der Waals surface area contributed by atoms with Gasteiger partial charge in [0.1, 0.15) is 6.54 Å². The molecule has 1 atom stereocenters. The third-order valence-corrected chi connectivity index (χ3v) is 3.80. The fourth-order valence-corrected chi connectivity index (χ4v) is 2.71. The van der Waals surface area contributed by atoms with E-state index < -0.39 is 17.4 Å². The highest BCUT2D eigenvalue weighted by molar-refractivity contribution is 5.82. The summed E-state index contributed by atoms with van der Waals surface area (Å²) in [6, 6.07) is -0.331. The SMILES string of the molecule is CCCC1(C(=O)O)CCN(C(=O)N(C)CC(=O)OCC)C1. The maximum absolute atomic E-state index is 12.3. The van der Waals surface area contributed by atoms with Crippen molar-refractivity contribution in [2.24, 2.45) is 5.41 Å². The molecule has 21 heavy (non-hydrogen) atoms. The summed E-state index contributed by atoms with van der Waals surface area (Å²) in [6.07, 6.45) is 1.76. The zero-order valence-electron chi connectivity index (χ0n) is 12.9. The summed E-state index contributed by atoms with van der Waals surface area (Å²) < 4.78 is 4.80. The van der Waals surface area contributed by atoms with Gasteiger partial charge in [-0.15, -0.1) is 0 Å². The third kappa shape index (κ3) is 4.09. The minimum atomic E-state index is -0.854. The molecule has 0 aromatic carbocycles. The summed E-state index contributed by atoms with van der Waals surface area (Å²) >= 11 is 0. The number of amides is 2. The second kappa shape index (κ2) is 7.28. The Morgan fingerprint density at radius 2 is 2.00 bits per heavy atom. The van der Waals surface area contributed by atoms with Crippen LogP contribution in [0.4, 0.5) is 4.79 Å². The molecule has 1 N–H and O–H groups in total. The molecule has 1 rings (SSSR count). The van der Waals surface area contributed by atoms with Crippen molar-refractivity contribution in [2.45, 2.75) is 33.1 Å². The Hall–Kier alpha value is -1.79. The summed E-state index contributed by atoms with van der Waals surface area (Å²) in [5.41, 5.74) is -0.852. The van der Waals surface area contributed by atoms with Gasteiger partial charge in [-0.3, -0.25) is 9.59 Å². The molecule has 7 heteroatoms. The van der Waals surface area contributed by atoms with E-state index in [2.05, 4.69) is 0 Å². The van der Waals surface area contributed by atoms with Gasteiger partial charge in [-0.2, -0.15) is 0 Å². The van der Waals surface area contributed by atoms with Crippen molar-refractivity contribution in [3.8, 4) is 0 Å². The minimum Gasteiger partial charge on any atom is -0.481 e. The quantitative estimate of drug-likeness (QED) is 0.744. The highest BCUT2D eigenvalue weighted by atomic mass is 16.5. The molecule has 0 saturated carbocycles. The predicted octanol–water partition coefficient (Wildman–Crippen LogP) is 1.18. The Morgan fingerprint density at radius 3 is 2.52 bits per heavy atom. The standard InChI is InChI=1S/C14H24N2O5/c1-4-6-14(12(18)19)7-8-16(10-14)13(20)15(3)9-11(17)21-5-2/h4-10H2,1-3H3,(H,18,19). The number of rotatable bonds is 6. The van der Waals surface area contributed by atoms with Crippen LogP contribution in [0, 0.1) is 5.41 Å². The topological polar surface area (TPSA) is 87.2 Å².